The van der Waals surface area contributed by atoms with E-state index in [1.165, 1.54) is 12.4 Å². The number of nitrogens with zero attached hydrogens (tertiary/aromatic N) is 6. The Labute approximate surface area is 181 Å². The number of carbonyl (C=O) groups is 1. The van der Waals surface area contributed by atoms with Gasteiger partial charge in [0.1, 0.15) is 12.0 Å². The molecule has 4 heterocycles. The van der Waals surface area contributed by atoms with Gasteiger partial charge in [0.2, 0.25) is 0 Å². The van der Waals surface area contributed by atoms with Crippen molar-refractivity contribution in [3.05, 3.63) is 71.8 Å². The Morgan fingerprint density at radius 3 is 2.48 bits per heavy atom. The number of aromatic nitrogens is 6. The van der Waals surface area contributed by atoms with Crippen LogP contribution in [0.4, 0.5) is 0 Å². The average Bonchev–Trinajstić information content (AvgIpc) is 3.14. The zero-order valence-corrected chi connectivity index (χ0v) is 18.2. The van der Waals surface area contributed by atoms with E-state index >= 15 is 0 Å². The summed E-state index contributed by atoms with van der Waals surface area (Å²) >= 11 is 0. The van der Waals surface area contributed by atoms with E-state index in [2.05, 4.69) is 26.3 Å². The summed E-state index contributed by atoms with van der Waals surface area (Å²) in [5, 5.41) is 9.23. The Kier molecular flexibility index (Phi) is 5.57. The fourth-order valence-electron chi connectivity index (χ4n) is 2.98. The molecule has 4 aromatic rings. The molecule has 0 amide bonds. The van der Waals surface area contributed by atoms with Crippen molar-refractivity contribution < 1.29 is 31.0 Å². The van der Waals surface area contributed by atoms with Gasteiger partial charge in [-0.2, -0.15) is 0 Å². The standard InChI is InChI=1S/C20H17N6O2.Pt/c1-12-17-18(22-10-21-12)26(11-23-17)16-9-5-8-15(25-16)20(2,3)14-7-4-6-13(24-14)19(27)28;/h4-10H,1-3H3,(H,27,28);/q-1;. The van der Waals surface area contributed by atoms with Crippen LogP contribution in [0.5, 0.6) is 0 Å². The molecule has 9 heteroatoms. The van der Waals surface area contributed by atoms with E-state index in [9.17, 15) is 9.90 Å². The van der Waals surface area contributed by atoms with Gasteiger partial charge in [-0.1, -0.05) is 18.2 Å². The smallest absolute Gasteiger partial charge is 0.354 e. The number of carboxylic acid groups (broad SMARTS) is 1. The van der Waals surface area contributed by atoms with E-state index in [1.54, 1.807) is 16.7 Å². The molecule has 0 aliphatic heterocycles. The van der Waals surface area contributed by atoms with Gasteiger partial charge in [0, 0.05) is 55.4 Å². The maximum absolute atomic E-state index is 11.3. The van der Waals surface area contributed by atoms with Crippen LogP contribution in [0.3, 0.4) is 0 Å². The minimum atomic E-state index is -1.06. The largest absolute Gasteiger partial charge is 0.477 e. The predicted octanol–water partition coefficient (Wildman–Crippen LogP) is 2.74. The maximum Gasteiger partial charge on any atom is 0.354 e. The van der Waals surface area contributed by atoms with Gasteiger partial charge in [-0.05, 0) is 39.0 Å². The summed E-state index contributed by atoms with van der Waals surface area (Å²) < 4.78 is 1.69. The topological polar surface area (TPSA) is 107 Å². The van der Waals surface area contributed by atoms with Crippen LogP contribution in [0.1, 0.15) is 41.4 Å². The third kappa shape index (κ3) is 3.68. The van der Waals surface area contributed by atoms with Gasteiger partial charge in [-0.25, -0.2) is 9.78 Å². The molecule has 0 aliphatic rings. The number of hydrogen-bond donors (Lipinski definition) is 1. The molecule has 150 valence electrons. The minimum Gasteiger partial charge on any atom is -0.477 e. The number of imidazole rings is 1. The summed E-state index contributed by atoms with van der Waals surface area (Å²) in [5.74, 6) is -0.450. The first-order valence-electron chi connectivity index (χ1n) is 8.64. The third-order valence-corrected chi connectivity index (χ3v) is 4.67. The molecule has 1 N–H and O–H groups in total. The number of fused-ring (bicyclic) bond motifs is 1. The molecule has 0 aromatic carbocycles. The van der Waals surface area contributed by atoms with Crippen LogP contribution in [-0.2, 0) is 26.5 Å². The Balaban J connectivity index is 0.00000240. The summed E-state index contributed by atoms with van der Waals surface area (Å²) in [6, 6.07) is 10.6. The molecule has 8 nitrogen and oxygen atoms in total. The van der Waals surface area contributed by atoms with Crippen molar-refractivity contribution >= 4 is 17.1 Å². The van der Waals surface area contributed by atoms with Gasteiger partial charge in [-0.15, -0.1) is 0 Å². The number of aromatic carboxylic acids is 1. The molecule has 0 fully saturated rings. The zero-order chi connectivity index (χ0) is 19.9. The van der Waals surface area contributed by atoms with Crippen molar-refractivity contribution in [1.82, 2.24) is 29.5 Å². The first kappa shape index (κ1) is 20.7. The van der Waals surface area contributed by atoms with E-state index in [4.69, 9.17) is 4.98 Å². The number of aryl methyl sites for hydroxylation is 1. The Morgan fingerprint density at radius 1 is 1.07 bits per heavy atom. The molecule has 0 spiro atoms. The van der Waals surface area contributed by atoms with Crippen molar-refractivity contribution in [2.75, 3.05) is 0 Å². The van der Waals surface area contributed by atoms with Gasteiger partial charge in [-0.3, -0.25) is 15.0 Å². The van der Waals surface area contributed by atoms with Gasteiger partial charge >= 0.3 is 5.97 Å². The first-order valence-corrected chi connectivity index (χ1v) is 8.64. The summed E-state index contributed by atoms with van der Waals surface area (Å²) in [6.45, 7) is 5.77. The van der Waals surface area contributed by atoms with Crippen LogP contribution < -0.4 is 0 Å². The van der Waals surface area contributed by atoms with Crippen LogP contribution in [0.15, 0.2) is 42.7 Å². The Morgan fingerprint density at radius 2 is 1.76 bits per heavy atom. The second-order valence-corrected chi connectivity index (χ2v) is 6.90. The summed E-state index contributed by atoms with van der Waals surface area (Å²) in [6.07, 6.45) is 4.41. The Hall–Kier alpha value is -2.99. The molecule has 0 atom stereocenters. The number of pyridine rings is 2. The van der Waals surface area contributed by atoms with E-state index in [-0.39, 0.29) is 26.8 Å². The van der Waals surface area contributed by atoms with Crippen molar-refractivity contribution in [2.45, 2.75) is 26.2 Å². The minimum absolute atomic E-state index is 0. The molecule has 0 saturated heterocycles. The zero-order valence-electron chi connectivity index (χ0n) is 15.9. The molecular weight excluding hydrogens is 551 g/mol. The van der Waals surface area contributed by atoms with E-state index in [1.807, 2.05) is 39.0 Å². The molecule has 29 heavy (non-hydrogen) atoms. The summed E-state index contributed by atoms with van der Waals surface area (Å²) in [7, 11) is 0. The monoisotopic (exact) mass is 568 g/mol. The van der Waals surface area contributed by atoms with Crippen LogP contribution in [-0.4, -0.2) is 40.6 Å². The van der Waals surface area contributed by atoms with Crippen LogP contribution in [0.25, 0.3) is 17.0 Å². The molecule has 0 bridgehead atoms. The van der Waals surface area contributed by atoms with Crippen molar-refractivity contribution in [3.8, 4) is 5.82 Å². The quantitative estimate of drug-likeness (QED) is 0.378. The normalized spacial score (nSPS) is 11.3. The average molecular weight is 568 g/mol. The van der Waals surface area contributed by atoms with Gasteiger partial charge in [0.05, 0.1) is 11.5 Å². The fourth-order valence-corrected chi connectivity index (χ4v) is 2.98. The van der Waals surface area contributed by atoms with Gasteiger partial charge in [0.25, 0.3) is 0 Å². The maximum atomic E-state index is 11.3. The van der Waals surface area contributed by atoms with Crippen LogP contribution in [0, 0.1) is 13.3 Å². The van der Waals surface area contributed by atoms with Crippen LogP contribution >= 0.6 is 0 Å². The summed E-state index contributed by atoms with van der Waals surface area (Å²) in [5.41, 5.74) is 2.82. The first-order chi connectivity index (χ1) is 13.4. The van der Waals surface area contributed by atoms with E-state index < -0.39 is 11.4 Å². The number of hydrogen-bond acceptors (Lipinski definition) is 6. The molecule has 0 radical (unpaired) electrons. The van der Waals surface area contributed by atoms with Crippen molar-refractivity contribution in [3.63, 3.8) is 0 Å². The number of rotatable bonds is 4. The second-order valence-electron chi connectivity index (χ2n) is 6.90. The van der Waals surface area contributed by atoms with Gasteiger partial charge < -0.3 is 14.7 Å². The van der Waals surface area contributed by atoms with E-state index in [0.29, 0.717) is 22.7 Å². The molecule has 0 aliphatic carbocycles. The van der Waals surface area contributed by atoms with Gasteiger partial charge in [0.15, 0.2) is 0 Å². The second kappa shape index (κ2) is 7.79. The van der Waals surface area contributed by atoms with Crippen LogP contribution in [0.2, 0.25) is 0 Å². The fraction of sp³-hybridized carbons (Fsp3) is 0.200. The molecular formula is C20H17N6O2Pt-. The summed E-state index contributed by atoms with van der Waals surface area (Å²) in [4.78, 5) is 33.0. The SMILES string of the molecule is Cc1ncnc2c1n[c-]n2-c1cccc(C(C)(C)c2cccc(C(=O)O)n2)n1.[Pt]. The predicted molar refractivity (Wildman–Crippen MR) is 101 cm³/mol. The third-order valence-electron chi connectivity index (χ3n) is 4.67. The number of carboxylic acids is 1. The molecule has 0 unspecified atom stereocenters. The Bertz CT molecular complexity index is 1200. The van der Waals surface area contributed by atoms with E-state index in [0.717, 1.165) is 11.4 Å². The molecule has 4 rings (SSSR count). The molecule has 0 saturated carbocycles. The van der Waals surface area contributed by atoms with Crippen molar-refractivity contribution in [1.29, 1.82) is 0 Å². The molecule has 4 aromatic heterocycles. The van der Waals surface area contributed by atoms with Crippen molar-refractivity contribution in [2.24, 2.45) is 0 Å².